The number of pyridine rings is 1. The first-order chi connectivity index (χ1) is 21.9. The van der Waals surface area contributed by atoms with Crippen LogP contribution in [0.4, 0.5) is 0 Å². The number of hydrogen-bond acceptors (Lipinski definition) is 12. The molecule has 1 aliphatic heterocycles. The van der Waals surface area contributed by atoms with Crippen LogP contribution in [0.25, 0.3) is 11.4 Å². The quantitative estimate of drug-likeness (QED) is 0.218. The molecule has 42 heavy (non-hydrogen) atoms. The smallest absolute Gasteiger partial charge is 0.306 e. The predicted octanol–water partition coefficient (Wildman–Crippen LogP) is 3.72. The van der Waals surface area contributed by atoms with Gasteiger partial charge in [0, 0.05) is 37.3 Å². The summed E-state index contributed by atoms with van der Waals surface area (Å²) in [7, 11) is 0. The van der Waals surface area contributed by atoms with Gasteiger partial charge in [0.2, 0.25) is 0 Å². The van der Waals surface area contributed by atoms with Gasteiger partial charge in [-0.3, -0.25) is 24.2 Å². The molecule has 1 saturated heterocycles. The molecule has 0 N–H and O–H groups in total. The summed E-state index contributed by atoms with van der Waals surface area (Å²) in [5.41, 5.74) is 0.737. The molecule has 1 fully saturated rings. The molecule has 0 aromatic carbocycles. The average Bonchev–Trinajstić information content (AvgIpc) is 3.57. The van der Waals surface area contributed by atoms with E-state index in [0.717, 1.165) is 4.68 Å². The van der Waals surface area contributed by atoms with Gasteiger partial charge in [0.15, 0.2) is 24.5 Å². The number of aromatic nitrogens is 4. The summed E-state index contributed by atoms with van der Waals surface area (Å²) in [6.45, 7) is 5.79. The normalized spacial score (nSPS) is 26.1. The van der Waals surface area contributed by atoms with Gasteiger partial charge in [-0.05, 0) is 37.8 Å². The van der Waals surface area contributed by atoms with Crippen molar-refractivity contribution in [3.63, 3.8) is 0 Å². The number of carbonyl (C=O) groups excluding carboxylic acids is 4. The van der Waals surface area contributed by atoms with Crippen LogP contribution in [-0.4, -0.2) is 74.9 Å². The molecule has 0 saturated carbocycles. The molecule has 230 valence electrons. The second-order valence-electron chi connectivity index (χ2n) is 9.15. The lowest BCUT2D eigenvalue weighted by atomic mass is 9.97. The molecule has 0 spiro atoms. The maximum atomic E-state index is 13.1. The van der Waals surface area contributed by atoms with E-state index in [2.05, 4.69) is 15.3 Å². The van der Waals surface area contributed by atoms with Gasteiger partial charge in [-0.25, -0.2) is 4.68 Å². The Labute approximate surface area is 250 Å². The van der Waals surface area contributed by atoms with Gasteiger partial charge in [-0.15, -0.1) is 5.10 Å². The van der Waals surface area contributed by atoms with Gasteiger partial charge < -0.3 is 23.7 Å². The van der Waals surface area contributed by atoms with Crippen LogP contribution in [0.2, 0.25) is 0 Å². The third-order valence-corrected chi connectivity index (χ3v) is 5.94. The number of hydrogen-bond donors (Lipinski definition) is 0. The van der Waals surface area contributed by atoms with Crippen LogP contribution in [0.3, 0.4) is 0 Å². The summed E-state index contributed by atoms with van der Waals surface area (Å²) in [6, 6.07) is 5.12. The van der Waals surface area contributed by atoms with Gasteiger partial charge in [-0.2, -0.15) is 0 Å². The first-order valence-corrected chi connectivity index (χ1v) is 13.9. The zero-order valence-corrected chi connectivity index (χ0v) is 24.1. The molecule has 3 heterocycles. The molecule has 1 aliphatic rings. The summed E-state index contributed by atoms with van der Waals surface area (Å²) in [5, 5.41) is 8.24. The number of nitrogens with zero attached hydrogens (tertiary/aromatic N) is 4. The van der Waals surface area contributed by atoms with Gasteiger partial charge in [0.1, 0.15) is 18.4 Å². The molecule has 9 atom stereocenters. The summed E-state index contributed by atoms with van der Waals surface area (Å²) in [4.78, 5) is 55.8. The zero-order valence-electron chi connectivity index (χ0n) is 28.1. The molecule has 0 aliphatic carbocycles. The SMILES string of the molecule is [2H]C(CC)C(=O)OC[C@H]1OC(n2cc(-c3ccccn3)nn2)[C@H](OC(=O)C([2H])CC)[C@@H](OC(=O)C([2H])CC)[C@@H]1OC(=O)C([2H])CC. The first-order valence-electron chi connectivity index (χ1n) is 16.2. The van der Waals surface area contributed by atoms with E-state index in [0.29, 0.717) is 11.4 Å². The van der Waals surface area contributed by atoms with E-state index >= 15 is 0 Å². The summed E-state index contributed by atoms with van der Waals surface area (Å²) >= 11 is 0. The largest absolute Gasteiger partial charge is 0.463 e. The van der Waals surface area contributed by atoms with E-state index in [1.807, 2.05) is 0 Å². The third-order valence-electron chi connectivity index (χ3n) is 5.94. The van der Waals surface area contributed by atoms with Crippen molar-refractivity contribution in [1.29, 1.82) is 0 Å². The van der Waals surface area contributed by atoms with Crippen LogP contribution in [-0.2, 0) is 42.9 Å². The molecule has 0 amide bonds. The Morgan fingerprint density at radius 2 is 1.38 bits per heavy atom. The molecule has 13 nitrogen and oxygen atoms in total. The van der Waals surface area contributed by atoms with E-state index in [4.69, 9.17) is 29.2 Å². The van der Waals surface area contributed by atoms with Gasteiger partial charge >= 0.3 is 23.9 Å². The van der Waals surface area contributed by atoms with E-state index in [-0.39, 0.29) is 25.7 Å². The minimum atomic E-state index is -1.67. The van der Waals surface area contributed by atoms with Crippen LogP contribution in [0.1, 0.15) is 90.7 Å². The molecule has 2 aromatic rings. The Hall–Kier alpha value is -3.87. The molecule has 0 radical (unpaired) electrons. The minimum absolute atomic E-state index is 0.0646. The first kappa shape index (κ1) is 27.0. The summed E-state index contributed by atoms with van der Waals surface area (Å²) in [6.07, 6.45) is -9.65. The Morgan fingerprint density at radius 1 is 0.810 bits per heavy atom. The fourth-order valence-electron chi connectivity index (χ4n) is 4.11. The molecule has 13 heteroatoms. The molecule has 0 bridgehead atoms. The number of esters is 4. The fraction of sp³-hybridized carbons (Fsp3) is 0.621. The van der Waals surface area contributed by atoms with Crippen molar-refractivity contribution in [3.8, 4) is 11.4 Å². The standard InChI is InChI=1S/C29H40N4O9/c1-5-11-22(34)38-18-21-26(40-23(35)12-6-2)27(41-24(36)13-7-3)28(42-25(37)14-8-4)29(39-21)33-17-20(31-32-33)19-15-9-10-16-30-19/h9-10,15-17,21,26-29H,5-8,11-14,18H2,1-4H3/t21-,26-,27+,28-,29?/m1/s1/i11D,12D,13D,14D/t11?,12?,13?,14?,21-,26-,27+,28-,29?. The highest BCUT2D eigenvalue weighted by Crippen LogP contribution is 2.35. The fourth-order valence-corrected chi connectivity index (χ4v) is 4.11. The van der Waals surface area contributed by atoms with Crippen LogP contribution < -0.4 is 0 Å². The van der Waals surface area contributed by atoms with Crippen molar-refractivity contribution in [2.75, 3.05) is 6.61 Å². The highest BCUT2D eigenvalue weighted by Gasteiger charge is 2.53. The summed E-state index contributed by atoms with van der Waals surface area (Å²) < 4.78 is 62.0. The third kappa shape index (κ3) is 9.07. The highest BCUT2D eigenvalue weighted by atomic mass is 16.7. The minimum Gasteiger partial charge on any atom is -0.463 e. The second kappa shape index (κ2) is 16.5. The molecule has 2 aromatic heterocycles. The number of ether oxygens (including phenoxy) is 5. The van der Waals surface area contributed by atoms with Crippen molar-refractivity contribution >= 4 is 23.9 Å². The topological polar surface area (TPSA) is 158 Å². The lowest BCUT2D eigenvalue weighted by Crippen LogP contribution is -2.61. The maximum Gasteiger partial charge on any atom is 0.306 e. The van der Waals surface area contributed by atoms with Crippen molar-refractivity contribution in [3.05, 3.63) is 30.6 Å². The molecular weight excluding hydrogens is 548 g/mol. The number of rotatable bonds is 15. The van der Waals surface area contributed by atoms with E-state index in [1.54, 1.807) is 52.1 Å². The lowest BCUT2D eigenvalue weighted by molar-refractivity contribution is -0.272. The van der Waals surface area contributed by atoms with Crippen molar-refractivity contribution in [2.45, 2.75) is 110 Å². The molecule has 3 rings (SSSR count). The zero-order chi connectivity index (χ0) is 34.0. The van der Waals surface area contributed by atoms with E-state index in [9.17, 15) is 19.2 Å². The van der Waals surface area contributed by atoms with E-state index in [1.165, 1.54) is 6.20 Å². The van der Waals surface area contributed by atoms with Crippen molar-refractivity contribution < 1.29 is 48.3 Å². The molecule has 5 unspecified atom stereocenters. The summed E-state index contributed by atoms with van der Waals surface area (Å²) in [5.74, 6) is -3.96. The Kier molecular flexibility index (Phi) is 10.6. The monoisotopic (exact) mass is 592 g/mol. The van der Waals surface area contributed by atoms with Gasteiger partial charge in [0.25, 0.3) is 0 Å². The number of carbonyl (C=O) groups is 4. The predicted molar refractivity (Wildman–Crippen MR) is 147 cm³/mol. The Morgan fingerprint density at radius 3 is 1.95 bits per heavy atom. The van der Waals surface area contributed by atoms with Crippen LogP contribution >= 0.6 is 0 Å². The van der Waals surface area contributed by atoms with Crippen LogP contribution in [0.5, 0.6) is 0 Å². The second-order valence-corrected chi connectivity index (χ2v) is 9.15. The van der Waals surface area contributed by atoms with Crippen molar-refractivity contribution in [2.24, 2.45) is 0 Å². The maximum absolute atomic E-state index is 13.1. The average molecular weight is 593 g/mol. The molecular formula is C29H40N4O9. The van der Waals surface area contributed by atoms with Crippen LogP contribution in [0, 0.1) is 0 Å². The lowest BCUT2D eigenvalue weighted by Gasteiger charge is -2.44. The Bertz CT molecular complexity index is 1320. The van der Waals surface area contributed by atoms with Crippen molar-refractivity contribution in [1.82, 2.24) is 20.0 Å². The van der Waals surface area contributed by atoms with Gasteiger partial charge in [-0.1, -0.05) is 39.0 Å². The van der Waals surface area contributed by atoms with Gasteiger partial charge in [0.05, 0.1) is 11.9 Å². The van der Waals surface area contributed by atoms with E-state index < -0.39 is 86.7 Å². The Balaban J connectivity index is 2.16. The van der Waals surface area contributed by atoms with Crippen LogP contribution in [0.15, 0.2) is 30.6 Å². The highest BCUT2D eigenvalue weighted by molar-refractivity contribution is 5.72.